The summed E-state index contributed by atoms with van der Waals surface area (Å²) in [4.78, 5) is 39.2. The molecule has 0 fully saturated rings. The van der Waals surface area contributed by atoms with Gasteiger partial charge in [0, 0.05) is 18.0 Å². The zero-order valence-electron chi connectivity index (χ0n) is 19.0. The van der Waals surface area contributed by atoms with Gasteiger partial charge in [0.2, 0.25) is 0 Å². The van der Waals surface area contributed by atoms with E-state index in [1.165, 1.54) is 0 Å². The summed E-state index contributed by atoms with van der Waals surface area (Å²) in [7, 11) is 0. The molecule has 4 rings (SSSR count). The molecular formula is C26H26N2O6. The van der Waals surface area contributed by atoms with Gasteiger partial charge in [0.25, 0.3) is 0 Å². The highest BCUT2D eigenvalue weighted by atomic mass is 16.5. The molecule has 1 atom stereocenters. The summed E-state index contributed by atoms with van der Waals surface area (Å²) in [5.74, 6) is -1.85. The summed E-state index contributed by atoms with van der Waals surface area (Å²) in [6, 6.07) is 16.3. The number of nitrogens with one attached hydrogen (secondary N) is 2. The summed E-state index contributed by atoms with van der Waals surface area (Å²) < 4.78 is 10.4. The molecule has 0 aliphatic heterocycles. The van der Waals surface area contributed by atoms with E-state index in [9.17, 15) is 19.5 Å². The summed E-state index contributed by atoms with van der Waals surface area (Å²) >= 11 is 0. The Labute approximate surface area is 196 Å². The third kappa shape index (κ3) is 4.66. The van der Waals surface area contributed by atoms with E-state index in [0.29, 0.717) is 11.3 Å². The maximum absolute atomic E-state index is 12.5. The Morgan fingerprint density at radius 1 is 1.03 bits per heavy atom. The van der Waals surface area contributed by atoms with Crippen LogP contribution in [0.3, 0.4) is 0 Å². The molecule has 0 saturated heterocycles. The number of alkyl carbamates (subject to hydrolysis) is 1. The van der Waals surface area contributed by atoms with Crippen molar-refractivity contribution < 1.29 is 29.0 Å². The Morgan fingerprint density at radius 2 is 1.65 bits per heavy atom. The van der Waals surface area contributed by atoms with E-state index in [0.717, 1.165) is 22.3 Å². The lowest BCUT2D eigenvalue weighted by Crippen LogP contribution is -2.43. The van der Waals surface area contributed by atoms with Crippen LogP contribution in [-0.2, 0) is 20.7 Å². The van der Waals surface area contributed by atoms with Gasteiger partial charge in [-0.15, -0.1) is 0 Å². The largest absolute Gasteiger partial charge is 0.480 e. The fourth-order valence-electron chi connectivity index (χ4n) is 4.33. The van der Waals surface area contributed by atoms with Crippen molar-refractivity contribution in [3.63, 3.8) is 0 Å². The number of aliphatic carboxylic acids is 1. The number of benzene rings is 2. The number of hydrogen-bond acceptors (Lipinski definition) is 5. The van der Waals surface area contributed by atoms with Gasteiger partial charge in [-0.3, -0.25) is 0 Å². The van der Waals surface area contributed by atoms with Gasteiger partial charge < -0.3 is 24.9 Å². The summed E-state index contributed by atoms with van der Waals surface area (Å²) in [5, 5.41) is 12.1. The molecule has 1 heterocycles. The quantitative estimate of drug-likeness (QED) is 0.435. The molecule has 1 aliphatic carbocycles. The predicted molar refractivity (Wildman–Crippen MR) is 125 cm³/mol. The molecule has 34 heavy (non-hydrogen) atoms. The average Bonchev–Trinajstić information content (AvgIpc) is 3.35. The van der Waals surface area contributed by atoms with Crippen LogP contribution in [0.25, 0.3) is 11.1 Å². The monoisotopic (exact) mass is 462 g/mol. The second kappa shape index (κ2) is 9.82. The van der Waals surface area contributed by atoms with Crippen molar-refractivity contribution in [3.8, 4) is 11.1 Å². The number of fused-ring (bicyclic) bond motifs is 3. The topological polar surface area (TPSA) is 118 Å². The van der Waals surface area contributed by atoms with E-state index < -0.39 is 24.1 Å². The molecule has 0 radical (unpaired) electrons. The number of aromatic nitrogens is 1. The second-order valence-electron chi connectivity index (χ2n) is 8.12. The lowest BCUT2D eigenvalue weighted by Gasteiger charge is -2.17. The first kappa shape index (κ1) is 23.1. The minimum Gasteiger partial charge on any atom is -0.480 e. The molecule has 0 saturated carbocycles. The number of rotatable bonds is 8. The van der Waals surface area contributed by atoms with Crippen molar-refractivity contribution in [3.05, 3.63) is 82.7 Å². The molecule has 1 aliphatic rings. The Bertz CT molecular complexity index is 1190. The van der Waals surface area contributed by atoms with Crippen LogP contribution in [0.2, 0.25) is 0 Å². The second-order valence-corrected chi connectivity index (χ2v) is 8.12. The molecule has 0 bridgehead atoms. The number of carbonyl (C=O) groups is 3. The van der Waals surface area contributed by atoms with Gasteiger partial charge >= 0.3 is 18.0 Å². The van der Waals surface area contributed by atoms with Crippen LogP contribution < -0.4 is 5.32 Å². The summed E-state index contributed by atoms with van der Waals surface area (Å²) in [6.07, 6.45) is -0.825. The predicted octanol–water partition coefficient (Wildman–Crippen LogP) is 4.03. The molecule has 8 nitrogen and oxygen atoms in total. The molecule has 3 N–H and O–H groups in total. The number of amides is 1. The fraction of sp³-hybridized carbons (Fsp3) is 0.269. The van der Waals surface area contributed by atoms with E-state index in [2.05, 4.69) is 10.3 Å². The number of carbonyl (C=O) groups excluding carboxylic acids is 2. The van der Waals surface area contributed by atoms with Crippen LogP contribution in [0.1, 0.15) is 45.7 Å². The van der Waals surface area contributed by atoms with Crippen LogP contribution in [0, 0.1) is 6.92 Å². The smallest absolute Gasteiger partial charge is 0.407 e. The summed E-state index contributed by atoms with van der Waals surface area (Å²) in [5.41, 5.74) is 5.81. The molecule has 176 valence electrons. The number of ether oxygens (including phenoxy) is 2. The van der Waals surface area contributed by atoms with Crippen molar-refractivity contribution >= 4 is 18.0 Å². The Hall–Kier alpha value is -4.07. The van der Waals surface area contributed by atoms with Gasteiger partial charge in [-0.2, -0.15) is 0 Å². The first-order valence-electron chi connectivity index (χ1n) is 11.1. The van der Waals surface area contributed by atoms with Crippen molar-refractivity contribution in [2.24, 2.45) is 0 Å². The number of H-pyrrole nitrogens is 1. The first-order chi connectivity index (χ1) is 16.4. The summed E-state index contributed by atoms with van der Waals surface area (Å²) in [6.45, 7) is 3.74. The van der Waals surface area contributed by atoms with Crippen LogP contribution in [0.15, 0.2) is 54.6 Å². The number of esters is 1. The number of carboxylic acids is 1. The van der Waals surface area contributed by atoms with Crippen molar-refractivity contribution in [1.82, 2.24) is 10.3 Å². The van der Waals surface area contributed by atoms with Crippen LogP contribution in [0.5, 0.6) is 0 Å². The third-order valence-corrected chi connectivity index (χ3v) is 5.98. The highest BCUT2D eigenvalue weighted by Gasteiger charge is 2.30. The number of aromatic amines is 1. The van der Waals surface area contributed by atoms with E-state index >= 15 is 0 Å². The zero-order valence-corrected chi connectivity index (χ0v) is 19.0. The van der Waals surface area contributed by atoms with Gasteiger partial charge in [-0.1, -0.05) is 48.5 Å². The zero-order chi connectivity index (χ0) is 24.2. The van der Waals surface area contributed by atoms with Gasteiger partial charge in [0.15, 0.2) is 0 Å². The van der Waals surface area contributed by atoms with Crippen molar-refractivity contribution in [2.75, 3.05) is 13.2 Å². The van der Waals surface area contributed by atoms with Gasteiger partial charge in [-0.25, -0.2) is 14.4 Å². The van der Waals surface area contributed by atoms with Crippen LogP contribution in [0.4, 0.5) is 4.79 Å². The third-order valence-electron chi connectivity index (χ3n) is 5.98. The molecule has 0 spiro atoms. The van der Waals surface area contributed by atoms with Gasteiger partial charge in [0.05, 0.1) is 6.61 Å². The van der Waals surface area contributed by atoms with Crippen molar-refractivity contribution in [1.29, 1.82) is 0 Å². The first-order valence-corrected chi connectivity index (χ1v) is 11.1. The molecule has 1 amide bonds. The van der Waals surface area contributed by atoms with E-state index in [-0.39, 0.29) is 31.2 Å². The highest BCUT2D eigenvalue weighted by Crippen LogP contribution is 2.44. The Kier molecular flexibility index (Phi) is 6.67. The van der Waals surface area contributed by atoms with E-state index in [1.807, 2.05) is 48.5 Å². The fourth-order valence-corrected chi connectivity index (χ4v) is 4.33. The normalized spacial score (nSPS) is 13.0. The lowest BCUT2D eigenvalue weighted by atomic mass is 9.98. The minimum absolute atomic E-state index is 0.0126. The minimum atomic E-state index is -1.22. The molecule has 8 heteroatoms. The lowest BCUT2D eigenvalue weighted by molar-refractivity contribution is -0.139. The Morgan fingerprint density at radius 3 is 2.24 bits per heavy atom. The van der Waals surface area contributed by atoms with Gasteiger partial charge in [-0.05, 0) is 47.7 Å². The SMILES string of the molecule is CCOC(=O)c1cc(CC(NC(=O)OCC2c3ccccc3-c3ccccc32)C(=O)O)c(C)[nH]1. The van der Waals surface area contributed by atoms with E-state index in [4.69, 9.17) is 9.47 Å². The molecule has 1 aromatic heterocycles. The molecule has 1 unspecified atom stereocenters. The van der Waals surface area contributed by atoms with Gasteiger partial charge in [0.1, 0.15) is 18.3 Å². The Balaban J connectivity index is 1.42. The maximum Gasteiger partial charge on any atom is 0.407 e. The molecule has 2 aromatic carbocycles. The highest BCUT2D eigenvalue weighted by molar-refractivity contribution is 5.88. The number of aryl methyl sites for hydroxylation is 1. The maximum atomic E-state index is 12.5. The number of carboxylic acid groups (broad SMARTS) is 1. The number of hydrogen-bond donors (Lipinski definition) is 3. The standard InChI is InChI=1S/C26H26N2O6/c1-3-33-25(31)23-13-16(15(2)27-23)12-22(24(29)30)28-26(32)34-14-21-19-10-6-4-8-17(19)18-9-5-7-11-20(18)21/h4-11,13,21-22,27H,3,12,14H2,1-2H3,(H,28,32)(H,29,30). The molecule has 3 aromatic rings. The average molecular weight is 463 g/mol. The van der Waals surface area contributed by atoms with Crippen molar-refractivity contribution in [2.45, 2.75) is 32.2 Å². The van der Waals surface area contributed by atoms with E-state index in [1.54, 1.807) is 19.9 Å². The van der Waals surface area contributed by atoms with Crippen LogP contribution in [-0.4, -0.2) is 47.4 Å². The molecular weight excluding hydrogens is 436 g/mol. The van der Waals surface area contributed by atoms with Crippen LogP contribution >= 0.6 is 0 Å².